The minimum Gasteiger partial charge on any atom is -0.379 e. The van der Waals surface area contributed by atoms with Crippen LogP contribution in [-0.4, -0.2) is 61.0 Å². The minimum atomic E-state index is -0.232. The molecule has 0 bridgehead atoms. The van der Waals surface area contributed by atoms with Crippen LogP contribution in [0.3, 0.4) is 0 Å². The minimum absolute atomic E-state index is 0.00229. The van der Waals surface area contributed by atoms with E-state index in [2.05, 4.69) is 0 Å². The second-order valence-electron chi connectivity index (χ2n) is 6.91. The summed E-state index contributed by atoms with van der Waals surface area (Å²) in [6, 6.07) is 6.56. The van der Waals surface area contributed by atoms with E-state index >= 15 is 0 Å². The number of carbonyl (C=O) groups is 2. The molecule has 2 heterocycles. The molecule has 0 aromatic heterocycles. The molecule has 2 saturated heterocycles. The maximum absolute atomic E-state index is 13.0. The number of nitrogens with zero attached hydrogens (tertiary/aromatic N) is 2. The third kappa shape index (κ3) is 4.37. The molecule has 0 spiro atoms. The van der Waals surface area contributed by atoms with Crippen LogP contribution in [-0.2, 0) is 20.7 Å². The van der Waals surface area contributed by atoms with Crippen LogP contribution in [0.4, 0.5) is 4.39 Å². The maximum Gasteiger partial charge on any atom is 0.242 e. The zero-order valence-electron chi connectivity index (χ0n) is 14.6. The van der Waals surface area contributed by atoms with Gasteiger partial charge in [-0.25, -0.2) is 4.39 Å². The van der Waals surface area contributed by atoms with E-state index in [1.807, 2.05) is 0 Å². The van der Waals surface area contributed by atoms with Crippen LogP contribution >= 0.6 is 0 Å². The second-order valence-corrected chi connectivity index (χ2v) is 6.91. The monoisotopic (exact) mass is 348 g/mol. The molecule has 1 aromatic rings. The molecule has 0 N–H and O–H groups in total. The van der Waals surface area contributed by atoms with Gasteiger partial charge in [0.2, 0.25) is 11.8 Å². The van der Waals surface area contributed by atoms with Crippen molar-refractivity contribution in [3.63, 3.8) is 0 Å². The van der Waals surface area contributed by atoms with Gasteiger partial charge in [-0.3, -0.25) is 9.59 Å². The van der Waals surface area contributed by atoms with Crippen molar-refractivity contribution >= 4 is 11.8 Å². The Hall–Kier alpha value is -1.95. The highest BCUT2D eigenvalue weighted by Crippen LogP contribution is 2.25. The second kappa shape index (κ2) is 7.95. The number of likely N-dealkylation sites (tertiary alicyclic amines) is 2. The Balaban J connectivity index is 1.56. The van der Waals surface area contributed by atoms with Gasteiger partial charge in [0.25, 0.3) is 0 Å². The first kappa shape index (κ1) is 17.9. The van der Waals surface area contributed by atoms with Crippen molar-refractivity contribution in [3.05, 3.63) is 35.6 Å². The van der Waals surface area contributed by atoms with E-state index in [9.17, 15) is 14.0 Å². The van der Waals surface area contributed by atoms with Crippen molar-refractivity contribution in [1.82, 2.24) is 9.80 Å². The standard InChI is InChI=1S/C19H25FN2O3/c1-25-17-12-22(19(24)13-21-9-2-3-18(21)23)10-8-15(17)11-14-4-6-16(20)7-5-14/h4-7,15,17H,2-3,8-13H2,1H3/t15-,17-/m1/s1. The Morgan fingerprint density at radius 3 is 2.68 bits per heavy atom. The van der Waals surface area contributed by atoms with Gasteiger partial charge in [0.15, 0.2) is 0 Å². The highest BCUT2D eigenvalue weighted by molar-refractivity contribution is 5.85. The van der Waals surface area contributed by atoms with E-state index in [1.165, 1.54) is 12.1 Å². The van der Waals surface area contributed by atoms with Gasteiger partial charge in [-0.1, -0.05) is 12.1 Å². The molecule has 0 aliphatic carbocycles. The largest absolute Gasteiger partial charge is 0.379 e. The molecule has 3 rings (SSSR count). The third-order valence-corrected chi connectivity index (χ3v) is 5.26. The molecule has 0 radical (unpaired) electrons. The lowest BCUT2D eigenvalue weighted by Crippen LogP contribution is -2.50. The van der Waals surface area contributed by atoms with E-state index in [4.69, 9.17) is 4.74 Å². The number of amides is 2. The first-order valence-electron chi connectivity index (χ1n) is 8.89. The smallest absolute Gasteiger partial charge is 0.242 e. The molecule has 136 valence electrons. The van der Waals surface area contributed by atoms with Crippen LogP contribution in [0.5, 0.6) is 0 Å². The number of carbonyl (C=O) groups excluding carboxylic acids is 2. The summed E-state index contributed by atoms with van der Waals surface area (Å²) in [5, 5.41) is 0. The van der Waals surface area contributed by atoms with E-state index in [1.54, 1.807) is 29.0 Å². The molecule has 2 atom stereocenters. The number of hydrogen-bond donors (Lipinski definition) is 0. The fraction of sp³-hybridized carbons (Fsp3) is 0.579. The number of piperidine rings is 1. The van der Waals surface area contributed by atoms with Gasteiger partial charge in [0.05, 0.1) is 12.6 Å². The summed E-state index contributed by atoms with van der Waals surface area (Å²) in [6.45, 7) is 2.08. The van der Waals surface area contributed by atoms with Crippen LogP contribution < -0.4 is 0 Å². The van der Waals surface area contributed by atoms with Crippen LogP contribution in [0.1, 0.15) is 24.8 Å². The predicted octanol–water partition coefficient (Wildman–Crippen LogP) is 1.85. The topological polar surface area (TPSA) is 49.9 Å². The zero-order chi connectivity index (χ0) is 17.8. The van der Waals surface area contributed by atoms with Crippen molar-refractivity contribution in [2.75, 3.05) is 33.3 Å². The molecule has 2 amide bonds. The van der Waals surface area contributed by atoms with Gasteiger partial charge in [-0.15, -0.1) is 0 Å². The fourth-order valence-corrected chi connectivity index (χ4v) is 3.75. The maximum atomic E-state index is 13.0. The Morgan fingerprint density at radius 2 is 2.04 bits per heavy atom. The Kier molecular flexibility index (Phi) is 5.68. The molecule has 2 aliphatic heterocycles. The van der Waals surface area contributed by atoms with Gasteiger partial charge in [-0.05, 0) is 42.9 Å². The predicted molar refractivity (Wildman–Crippen MR) is 91.4 cm³/mol. The number of methoxy groups -OCH3 is 1. The molecule has 0 unspecified atom stereocenters. The Bertz CT molecular complexity index is 620. The molecule has 6 heteroatoms. The van der Waals surface area contributed by atoms with Gasteiger partial charge in [0, 0.05) is 33.2 Å². The third-order valence-electron chi connectivity index (χ3n) is 5.26. The van der Waals surface area contributed by atoms with E-state index in [0.717, 1.165) is 24.8 Å². The number of halogens is 1. The van der Waals surface area contributed by atoms with E-state index in [-0.39, 0.29) is 30.3 Å². The summed E-state index contributed by atoms with van der Waals surface area (Å²) in [6.07, 6.45) is 3.00. The van der Waals surface area contributed by atoms with Crippen LogP contribution in [0, 0.1) is 11.7 Å². The lowest BCUT2D eigenvalue weighted by Gasteiger charge is -2.38. The Labute approximate surface area is 147 Å². The van der Waals surface area contributed by atoms with Gasteiger partial charge < -0.3 is 14.5 Å². The molecular formula is C19H25FN2O3. The molecule has 2 aliphatic rings. The van der Waals surface area contributed by atoms with E-state index < -0.39 is 0 Å². The lowest BCUT2D eigenvalue weighted by molar-refractivity contribution is -0.141. The zero-order valence-corrected chi connectivity index (χ0v) is 14.6. The molecule has 0 saturated carbocycles. The normalized spacial score (nSPS) is 24.0. The molecule has 5 nitrogen and oxygen atoms in total. The van der Waals surface area contributed by atoms with Gasteiger partial charge >= 0.3 is 0 Å². The molecule has 25 heavy (non-hydrogen) atoms. The Morgan fingerprint density at radius 1 is 1.28 bits per heavy atom. The highest BCUT2D eigenvalue weighted by atomic mass is 19.1. The van der Waals surface area contributed by atoms with Crippen LogP contribution in [0.25, 0.3) is 0 Å². The summed E-state index contributed by atoms with van der Waals surface area (Å²) in [7, 11) is 1.67. The van der Waals surface area contributed by atoms with Crippen LogP contribution in [0.2, 0.25) is 0 Å². The van der Waals surface area contributed by atoms with Gasteiger partial charge in [-0.2, -0.15) is 0 Å². The molecular weight excluding hydrogens is 323 g/mol. The van der Waals surface area contributed by atoms with Crippen molar-refractivity contribution in [2.24, 2.45) is 5.92 Å². The number of hydrogen-bond acceptors (Lipinski definition) is 3. The van der Waals surface area contributed by atoms with Gasteiger partial charge in [0.1, 0.15) is 5.82 Å². The fourth-order valence-electron chi connectivity index (χ4n) is 3.75. The first-order valence-corrected chi connectivity index (χ1v) is 8.89. The lowest BCUT2D eigenvalue weighted by atomic mass is 9.87. The first-order chi connectivity index (χ1) is 12.1. The summed E-state index contributed by atoms with van der Waals surface area (Å²) < 4.78 is 18.7. The summed E-state index contributed by atoms with van der Waals surface area (Å²) in [4.78, 5) is 27.6. The average Bonchev–Trinajstić information content (AvgIpc) is 3.02. The number of benzene rings is 1. The summed E-state index contributed by atoms with van der Waals surface area (Å²) in [5.41, 5.74) is 1.08. The van der Waals surface area contributed by atoms with Crippen molar-refractivity contribution in [1.29, 1.82) is 0 Å². The van der Waals surface area contributed by atoms with Crippen molar-refractivity contribution in [3.8, 4) is 0 Å². The summed E-state index contributed by atoms with van der Waals surface area (Å²) in [5.74, 6) is 0.136. The average molecular weight is 348 g/mol. The molecule has 1 aromatic carbocycles. The van der Waals surface area contributed by atoms with Crippen LogP contribution in [0.15, 0.2) is 24.3 Å². The van der Waals surface area contributed by atoms with E-state index in [0.29, 0.717) is 32.0 Å². The summed E-state index contributed by atoms with van der Waals surface area (Å²) >= 11 is 0. The number of rotatable bonds is 5. The van der Waals surface area contributed by atoms with Crippen molar-refractivity contribution in [2.45, 2.75) is 31.8 Å². The number of ether oxygens (including phenoxy) is 1. The molecule has 2 fully saturated rings. The highest BCUT2D eigenvalue weighted by Gasteiger charge is 2.33. The van der Waals surface area contributed by atoms with Crippen molar-refractivity contribution < 1.29 is 18.7 Å². The quantitative estimate of drug-likeness (QED) is 0.816. The SMILES string of the molecule is CO[C@@H]1CN(C(=O)CN2CCCC2=O)CC[C@@H]1Cc1ccc(F)cc1.